The standard InChI is InChI=1S/C15H30N4O2/c1-7-9-12(19-14(20)21-15(3,4)5)11-18-13(16-6)17-10-8-2/h8,12H,2,7,9-11H2,1,3-6H3,(H,19,20)(H2,16,17,18). The highest BCUT2D eigenvalue weighted by Gasteiger charge is 2.19. The molecule has 0 heterocycles. The van der Waals surface area contributed by atoms with Gasteiger partial charge in [0, 0.05) is 26.2 Å². The summed E-state index contributed by atoms with van der Waals surface area (Å²) in [5, 5.41) is 9.15. The molecule has 0 aliphatic rings. The highest BCUT2D eigenvalue weighted by atomic mass is 16.6. The first-order valence-electron chi connectivity index (χ1n) is 7.37. The molecule has 0 aromatic rings. The molecule has 1 amide bonds. The van der Waals surface area contributed by atoms with Crippen molar-refractivity contribution in [3.63, 3.8) is 0 Å². The van der Waals surface area contributed by atoms with Gasteiger partial charge in [0.15, 0.2) is 5.96 Å². The van der Waals surface area contributed by atoms with E-state index >= 15 is 0 Å². The number of guanidine groups is 1. The van der Waals surface area contributed by atoms with Gasteiger partial charge in [-0.2, -0.15) is 0 Å². The number of carbonyl (C=O) groups is 1. The lowest BCUT2D eigenvalue weighted by Crippen LogP contribution is -2.48. The third-order valence-corrected chi connectivity index (χ3v) is 2.51. The molecule has 1 atom stereocenters. The van der Waals surface area contributed by atoms with Gasteiger partial charge < -0.3 is 20.7 Å². The molecule has 0 aliphatic heterocycles. The third kappa shape index (κ3) is 10.7. The van der Waals surface area contributed by atoms with Gasteiger partial charge in [-0.05, 0) is 27.2 Å². The quantitative estimate of drug-likeness (QED) is 0.382. The molecule has 6 nitrogen and oxygen atoms in total. The fourth-order valence-electron chi connectivity index (χ4n) is 1.66. The van der Waals surface area contributed by atoms with Gasteiger partial charge in [0.1, 0.15) is 5.60 Å². The molecular weight excluding hydrogens is 268 g/mol. The van der Waals surface area contributed by atoms with Crippen LogP contribution in [0.25, 0.3) is 0 Å². The number of aliphatic imine (C=N–C) groups is 1. The van der Waals surface area contributed by atoms with Crippen LogP contribution in [0.2, 0.25) is 0 Å². The second-order valence-corrected chi connectivity index (χ2v) is 5.75. The van der Waals surface area contributed by atoms with Crippen molar-refractivity contribution in [3.8, 4) is 0 Å². The van der Waals surface area contributed by atoms with Crippen LogP contribution in [0.5, 0.6) is 0 Å². The Balaban J connectivity index is 4.35. The van der Waals surface area contributed by atoms with Crippen molar-refractivity contribution < 1.29 is 9.53 Å². The Hall–Kier alpha value is -1.72. The Bertz CT molecular complexity index is 348. The normalized spacial score (nSPS) is 13.3. The smallest absolute Gasteiger partial charge is 0.407 e. The van der Waals surface area contributed by atoms with E-state index in [0.717, 1.165) is 12.8 Å². The predicted molar refractivity (Wildman–Crippen MR) is 87.6 cm³/mol. The summed E-state index contributed by atoms with van der Waals surface area (Å²) in [5.41, 5.74) is -0.490. The molecule has 6 heteroatoms. The highest BCUT2D eigenvalue weighted by Crippen LogP contribution is 2.07. The second-order valence-electron chi connectivity index (χ2n) is 5.75. The van der Waals surface area contributed by atoms with E-state index in [2.05, 4.69) is 34.4 Å². The van der Waals surface area contributed by atoms with Crippen molar-refractivity contribution in [2.75, 3.05) is 20.1 Å². The molecule has 0 aliphatic carbocycles. The van der Waals surface area contributed by atoms with Crippen molar-refractivity contribution in [1.29, 1.82) is 0 Å². The van der Waals surface area contributed by atoms with E-state index in [0.29, 0.717) is 19.0 Å². The zero-order chi connectivity index (χ0) is 16.3. The van der Waals surface area contributed by atoms with Crippen LogP contribution in [-0.2, 0) is 4.74 Å². The van der Waals surface area contributed by atoms with Crippen LogP contribution < -0.4 is 16.0 Å². The Morgan fingerprint density at radius 3 is 2.52 bits per heavy atom. The molecule has 0 fully saturated rings. The van der Waals surface area contributed by atoms with Crippen LogP contribution in [0.1, 0.15) is 40.5 Å². The largest absolute Gasteiger partial charge is 0.444 e. The van der Waals surface area contributed by atoms with Gasteiger partial charge in [-0.3, -0.25) is 4.99 Å². The van der Waals surface area contributed by atoms with Crippen LogP contribution in [0, 0.1) is 0 Å². The zero-order valence-electron chi connectivity index (χ0n) is 14.0. The maximum absolute atomic E-state index is 11.8. The topological polar surface area (TPSA) is 74.8 Å². The molecule has 0 spiro atoms. The van der Waals surface area contributed by atoms with Gasteiger partial charge in [0.25, 0.3) is 0 Å². The number of carbonyl (C=O) groups excluding carboxylic acids is 1. The Kier molecular flexibility index (Phi) is 9.25. The van der Waals surface area contributed by atoms with E-state index in [-0.39, 0.29) is 6.04 Å². The summed E-state index contributed by atoms with van der Waals surface area (Å²) in [6.07, 6.45) is 3.21. The van der Waals surface area contributed by atoms with Crippen LogP contribution in [0.4, 0.5) is 4.79 Å². The summed E-state index contributed by atoms with van der Waals surface area (Å²) in [5.74, 6) is 0.682. The Morgan fingerprint density at radius 2 is 2.05 bits per heavy atom. The molecule has 0 rings (SSSR count). The van der Waals surface area contributed by atoms with E-state index in [1.807, 2.05) is 20.8 Å². The van der Waals surface area contributed by atoms with E-state index in [9.17, 15) is 4.79 Å². The lowest BCUT2D eigenvalue weighted by molar-refractivity contribution is 0.0502. The first-order chi connectivity index (χ1) is 9.82. The molecule has 0 saturated heterocycles. The highest BCUT2D eigenvalue weighted by molar-refractivity contribution is 5.79. The molecule has 0 saturated carbocycles. The average Bonchev–Trinajstić information content (AvgIpc) is 2.36. The fourth-order valence-corrected chi connectivity index (χ4v) is 1.66. The molecule has 0 aromatic carbocycles. The first kappa shape index (κ1) is 19.3. The summed E-state index contributed by atoms with van der Waals surface area (Å²) in [4.78, 5) is 15.9. The Morgan fingerprint density at radius 1 is 1.38 bits per heavy atom. The molecule has 21 heavy (non-hydrogen) atoms. The van der Waals surface area contributed by atoms with Gasteiger partial charge in [-0.15, -0.1) is 6.58 Å². The number of hydrogen-bond donors (Lipinski definition) is 3. The van der Waals surface area contributed by atoms with Crippen LogP contribution in [-0.4, -0.2) is 43.8 Å². The second kappa shape index (κ2) is 10.1. The minimum atomic E-state index is -0.490. The Labute approximate surface area is 128 Å². The SMILES string of the molecule is C=CCNC(=NC)NCC(CCC)NC(=O)OC(C)(C)C. The van der Waals surface area contributed by atoms with Crippen LogP contribution in [0.15, 0.2) is 17.6 Å². The number of ether oxygens (including phenoxy) is 1. The van der Waals surface area contributed by atoms with Gasteiger partial charge in [0.2, 0.25) is 0 Å². The average molecular weight is 298 g/mol. The van der Waals surface area contributed by atoms with Crippen molar-refractivity contribution in [3.05, 3.63) is 12.7 Å². The van der Waals surface area contributed by atoms with E-state index in [1.165, 1.54) is 0 Å². The van der Waals surface area contributed by atoms with Crippen molar-refractivity contribution in [2.45, 2.75) is 52.2 Å². The van der Waals surface area contributed by atoms with Gasteiger partial charge in [-0.25, -0.2) is 4.79 Å². The summed E-state index contributed by atoms with van der Waals surface area (Å²) in [6, 6.07) is -0.00729. The van der Waals surface area contributed by atoms with Crippen LogP contribution in [0.3, 0.4) is 0 Å². The lowest BCUT2D eigenvalue weighted by atomic mass is 10.1. The predicted octanol–water partition coefficient (Wildman–Crippen LogP) is 2.03. The maximum atomic E-state index is 11.8. The molecule has 3 N–H and O–H groups in total. The minimum Gasteiger partial charge on any atom is -0.444 e. The van der Waals surface area contributed by atoms with Crippen molar-refractivity contribution in [1.82, 2.24) is 16.0 Å². The summed E-state index contributed by atoms with van der Waals surface area (Å²) >= 11 is 0. The number of rotatable bonds is 7. The van der Waals surface area contributed by atoms with E-state index in [1.54, 1.807) is 13.1 Å². The number of alkyl carbamates (subject to hydrolysis) is 1. The van der Waals surface area contributed by atoms with E-state index in [4.69, 9.17) is 4.74 Å². The van der Waals surface area contributed by atoms with Gasteiger partial charge >= 0.3 is 6.09 Å². The van der Waals surface area contributed by atoms with E-state index < -0.39 is 11.7 Å². The van der Waals surface area contributed by atoms with Gasteiger partial charge in [0.05, 0.1) is 0 Å². The maximum Gasteiger partial charge on any atom is 0.407 e. The molecule has 0 bridgehead atoms. The zero-order valence-corrected chi connectivity index (χ0v) is 14.0. The molecule has 0 radical (unpaired) electrons. The number of hydrogen-bond acceptors (Lipinski definition) is 3. The van der Waals surface area contributed by atoms with Crippen molar-refractivity contribution >= 4 is 12.1 Å². The fraction of sp³-hybridized carbons (Fsp3) is 0.733. The minimum absolute atomic E-state index is 0.00729. The lowest BCUT2D eigenvalue weighted by Gasteiger charge is -2.24. The monoisotopic (exact) mass is 298 g/mol. The summed E-state index contributed by atoms with van der Waals surface area (Å²) in [7, 11) is 1.70. The molecular formula is C15H30N4O2. The van der Waals surface area contributed by atoms with Crippen molar-refractivity contribution in [2.24, 2.45) is 4.99 Å². The molecule has 0 aromatic heterocycles. The third-order valence-electron chi connectivity index (χ3n) is 2.51. The molecule has 1 unspecified atom stereocenters. The first-order valence-corrected chi connectivity index (χ1v) is 7.37. The number of amides is 1. The summed E-state index contributed by atoms with van der Waals surface area (Å²) in [6.45, 7) is 12.5. The van der Waals surface area contributed by atoms with Crippen LogP contribution >= 0.6 is 0 Å². The number of nitrogens with zero attached hydrogens (tertiary/aromatic N) is 1. The van der Waals surface area contributed by atoms with Gasteiger partial charge in [-0.1, -0.05) is 19.4 Å². The number of nitrogens with one attached hydrogen (secondary N) is 3. The summed E-state index contributed by atoms with van der Waals surface area (Å²) < 4.78 is 5.28. The molecule has 122 valence electrons.